The normalized spacial score (nSPS) is 12.6. The number of carbonyl (C=O) groups is 2. The van der Waals surface area contributed by atoms with E-state index in [2.05, 4.69) is 31.3 Å². The maximum Gasteiger partial charge on any atom is 0.305 e. The first kappa shape index (κ1) is 84.3. The first-order valence-electron chi connectivity index (χ1n) is 39.6. The highest BCUT2D eigenvalue weighted by Gasteiger charge is 2.18. The van der Waals surface area contributed by atoms with Gasteiger partial charge in [-0.2, -0.15) is 0 Å². The van der Waals surface area contributed by atoms with E-state index in [0.717, 1.165) is 44.9 Å². The first-order valence-corrected chi connectivity index (χ1v) is 39.6. The van der Waals surface area contributed by atoms with E-state index >= 15 is 0 Å². The molecule has 0 radical (unpaired) electrons. The van der Waals surface area contributed by atoms with Crippen molar-refractivity contribution in [3.05, 3.63) is 24.3 Å². The van der Waals surface area contributed by atoms with Crippen LogP contribution in [0, 0.1) is 0 Å². The van der Waals surface area contributed by atoms with Crippen LogP contribution in [0.2, 0.25) is 0 Å². The van der Waals surface area contributed by atoms with Crippen molar-refractivity contribution in [3.8, 4) is 0 Å². The van der Waals surface area contributed by atoms with Gasteiger partial charge in [0.15, 0.2) is 0 Å². The standard InChI is InChI=1S/C80H155NO5/c1-3-5-7-9-11-13-15-17-18-19-20-21-33-36-39-42-45-49-52-56-60-64-68-72-78(83)77(76-82)81-79(84)73-69-65-61-57-53-50-46-43-40-37-34-31-29-27-25-23-22-24-26-28-30-32-35-38-41-44-47-51-55-59-63-67-71-75-86-80(85)74-70-66-62-58-54-48-16-14-12-10-8-6-4-2/h14,16,68,72,77-78,82-83H,3-13,15,17-67,69-71,73-76H2,1-2H3,(H,81,84)/b16-14-,72-68+. The van der Waals surface area contributed by atoms with Gasteiger partial charge in [-0.25, -0.2) is 0 Å². The molecule has 6 heteroatoms. The molecule has 2 atom stereocenters. The Kier molecular flexibility index (Phi) is 74.3. The fourth-order valence-corrected chi connectivity index (χ4v) is 12.7. The molecule has 2 unspecified atom stereocenters. The monoisotopic (exact) mass is 1210 g/mol. The summed E-state index contributed by atoms with van der Waals surface area (Å²) >= 11 is 0. The molecule has 0 aromatic rings. The van der Waals surface area contributed by atoms with Crippen LogP contribution in [-0.2, 0) is 14.3 Å². The van der Waals surface area contributed by atoms with Crippen molar-refractivity contribution in [3.63, 3.8) is 0 Å². The third-order valence-corrected chi connectivity index (χ3v) is 18.7. The van der Waals surface area contributed by atoms with Crippen LogP contribution in [-0.4, -0.2) is 47.4 Å². The van der Waals surface area contributed by atoms with Gasteiger partial charge in [-0.3, -0.25) is 9.59 Å². The summed E-state index contributed by atoms with van der Waals surface area (Å²) in [5.41, 5.74) is 0. The lowest BCUT2D eigenvalue weighted by atomic mass is 10.0. The summed E-state index contributed by atoms with van der Waals surface area (Å²) in [5.74, 6) is -0.0450. The lowest BCUT2D eigenvalue weighted by Gasteiger charge is -2.20. The Morgan fingerprint density at radius 1 is 0.314 bits per heavy atom. The number of hydrogen-bond acceptors (Lipinski definition) is 5. The largest absolute Gasteiger partial charge is 0.466 e. The van der Waals surface area contributed by atoms with Crippen molar-refractivity contribution in [2.45, 2.75) is 463 Å². The Labute approximate surface area is 539 Å². The molecule has 0 saturated heterocycles. The molecule has 0 saturated carbocycles. The predicted molar refractivity (Wildman–Crippen MR) is 380 cm³/mol. The number of aliphatic hydroxyl groups excluding tert-OH is 2. The van der Waals surface area contributed by atoms with Gasteiger partial charge < -0.3 is 20.3 Å². The zero-order chi connectivity index (χ0) is 62.0. The molecular weight excluding hydrogens is 1050 g/mol. The molecule has 6 nitrogen and oxygen atoms in total. The van der Waals surface area contributed by atoms with Crippen LogP contribution in [0.4, 0.5) is 0 Å². The van der Waals surface area contributed by atoms with Gasteiger partial charge in [0.2, 0.25) is 5.91 Å². The van der Waals surface area contributed by atoms with Crippen molar-refractivity contribution in [2.24, 2.45) is 0 Å². The Morgan fingerprint density at radius 3 is 0.837 bits per heavy atom. The lowest BCUT2D eigenvalue weighted by molar-refractivity contribution is -0.143. The summed E-state index contributed by atoms with van der Waals surface area (Å²) < 4.78 is 5.49. The molecule has 86 heavy (non-hydrogen) atoms. The Hall–Kier alpha value is -1.66. The highest BCUT2D eigenvalue weighted by molar-refractivity contribution is 5.76. The average Bonchev–Trinajstić information content (AvgIpc) is 3.55. The summed E-state index contributed by atoms with van der Waals surface area (Å²) in [5, 5.41) is 23.3. The lowest BCUT2D eigenvalue weighted by Crippen LogP contribution is -2.45. The molecule has 0 aliphatic heterocycles. The Balaban J connectivity index is 3.35. The van der Waals surface area contributed by atoms with Gasteiger partial charge in [-0.1, -0.05) is 404 Å². The quantitative estimate of drug-likeness (QED) is 0.0320. The predicted octanol–water partition coefficient (Wildman–Crippen LogP) is 26.0. The number of nitrogens with one attached hydrogen (secondary N) is 1. The fraction of sp³-hybridized carbons (Fsp3) is 0.925. The number of esters is 1. The highest BCUT2D eigenvalue weighted by atomic mass is 16.5. The minimum Gasteiger partial charge on any atom is -0.466 e. The summed E-state index contributed by atoms with van der Waals surface area (Å²) in [6.07, 6.45) is 97.3. The van der Waals surface area contributed by atoms with Crippen LogP contribution < -0.4 is 5.32 Å². The van der Waals surface area contributed by atoms with E-state index in [1.165, 1.54) is 379 Å². The van der Waals surface area contributed by atoms with Crippen LogP contribution in [0.3, 0.4) is 0 Å². The van der Waals surface area contributed by atoms with Crippen molar-refractivity contribution in [1.82, 2.24) is 5.32 Å². The van der Waals surface area contributed by atoms with Crippen molar-refractivity contribution >= 4 is 11.9 Å². The second kappa shape index (κ2) is 75.8. The smallest absolute Gasteiger partial charge is 0.305 e. The van der Waals surface area contributed by atoms with Gasteiger partial charge in [0, 0.05) is 12.8 Å². The third kappa shape index (κ3) is 71.4. The topological polar surface area (TPSA) is 95.9 Å². The van der Waals surface area contributed by atoms with E-state index in [1.807, 2.05) is 6.08 Å². The molecule has 1 amide bonds. The van der Waals surface area contributed by atoms with E-state index in [-0.39, 0.29) is 18.5 Å². The van der Waals surface area contributed by atoms with Crippen molar-refractivity contribution < 1.29 is 24.5 Å². The van der Waals surface area contributed by atoms with Gasteiger partial charge in [0.05, 0.1) is 25.4 Å². The Bertz CT molecular complexity index is 1350. The summed E-state index contributed by atoms with van der Waals surface area (Å²) in [6, 6.07) is -0.625. The molecule has 0 bridgehead atoms. The van der Waals surface area contributed by atoms with Crippen LogP contribution in [0.5, 0.6) is 0 Å². The van der Waals surface area contributed by atoms with E-state index in [1.54, 1.807) is 6.08 Å². The minimum absolute atomic E-state index is 0.0130. The van der Waals surface area contributed by atoms with Crippen molar-refractivity contribution in [2.75, 3.05) is 13.2 Å². The zero-order valence-electron chi connectivity index (χ0n) is 58.6. The van der Waals surface area contributed by atoms with Gasteiger partial charge >= 0.3 is 5.97 Å². The van der Waals surface area contributed by atoms with E-state index < -0.39 is 12.1 Å². The minimum atomic E-state index is -0.842. The maximum atomic E-state index is 12.6. The van der Waals surface area contributed by atoms with E-state index in [4.69, 9.17) is 4.74 Å². The van der Waals surface area contributed by atoms with Gasteiger partial charge in [-0.05, 0) is 57.8 Å². The number of hydrogen-bond donors (Lipinski definition) is 3. The molecule has 0 aliphatic carbocycles. The molecule has 0 aromatic heterocycles. The first-order chi connectivity index (χ1) is 42.5. The number of carbonyl (C=O) groups excluding carboxylic acids is 2. The Morgan fingerprint density at radius 2 is 0.547 bits per heavy atom. The van der Waals surface area contributed by atoms with Crippen LogP contribution in [0.15, 0.2) is 24.3 Å². The number of amides is 1. The van der Waals surface area contributed by atoms with Crippen LogP contribution in [0.1, 0.15) is 450 Å². The fourth-order valence-electron chi connectivity index (χ4n) is 12.7. The molecule has 0 aromatic carbocycles. The molecule has 3 N–H and O–H groups in total. The molecule has 0 heterocycles. The van der Waals surface area contributed by atoms with Gasteiger partial charge in [-0.15, -0.1) is 0 Å². The van der Waals surface area contributed by atoms with Crippen LogP contribution in [0.25, 0.3) is 0 Å². The number of rotatable bonds is 75. The molecule has 0 aliphatic rings. The molecule has 0 rings (SSSR count). The number of aliphatic hydroxyl groups is 2. The second-order valence-corrected chi connectivity index (χ2v) is 27.4. The van der Waals surface area contributed by atoms with E-state index in [9.17, 15) is 19.8 Å². The van der Waals surface area contributed by atoms with Crippen LogP contribution >= 0.6 is 0 Å². The SMILES string of the molecule is CCCCCC/C=C\CCCCCCCC(=O)OCCCCCCCCCCCCCCCCCCCCCCCCCCCCCCCCCCCC(=O)NC(CO)C(O)/C=C/CCCCCCCCCCCCCCCCCCCCCCC. The third-order valence-electron chi connectivity index (χ3n) is 18.7. The van der Waals surface area contributed by atoms with Crippen molar-refractivity contribution in [1.29, 1.82) is 0 Å². The highest BCUT2D eigenvalue weighted by Crippen LogP contribution is 2.20. The molecular formula is C80H155NO5. The zero-order valence-corrected chi connectivity index (χ0v) is 58.6. The number of unbranched alkanes of at least 4 members (excludes halogenated alkanes) is 62. The average molecular weight is 1210 g/mol. The number of allylic oxidation sites excluding steroid dienone is 3. The molecule has 0 spiro atoms. The number of ether oxygens (including phenoxy) is 1. The molecule has 510 valence electrons. The maximum absolute atomic E-state index is 12.6. The van der Waals surface area contributed by atoms with E-state index in [0.29, 0.717) is 19.4 Å². The van der Waals surface area contributed by atoms with Gasteiger partial charge in [0.1, 0.15) is 0 Å². The summed E-state index contributed by atoms with van der Waals surface area (Å²) in [4.78, 5) is 24.6. The second-order valence-electron chi connectivity index (χ2n) is 27.4. The summed E-state index contributed by atoms with van der Waals surface area (Å²) in [6.45, 7) is 4.94. The van der Waals surface area contributed by atoms with Gasteiger partial charge in [0.25, 0.3) is 0 Å². The molecule has 0 fully saturated rings. The summed E-state index contributed by atoms with van der Waals surface area (Å²) in [7, 11) is 0.